The van der Waals surface area contributed by atoms with Crippen LogP contribution in [0.5, 0.6) is 0 Å². The lowest BCUT2D eigenvalue weighted by Gasteiger charge is -2.00. The SMILES string of the molecule is OCCOCCc1c[c]ncc1. The van der Waals surface area contributed by atoms with Gasteiger partial charge in [-0.2, -0.15) is 0 Å². The fourth-order valence-electron chi connectivity index (χ4n) is 0.856. The van der Waals surface area contributed by atoms with Crippen molar-refractivity contribution >= 4 is 0 Å². The van der Waals surface area contributed by atoms with Gasteiger partial charge >= 0.3 is 0 Å². The maximum atomic E-state index is 8.42. The van der Waals surface area contributed by atoms with Crippen molar-refractivity contribution in [3.8, 4) is 0 Å². The molecule has 0 aliphatic heterocycles. The molecule has 1 rings (SSSR count). The third-order valence-corrected chi connectivity index (χ3v) is 1.46. The van der Waals surface area contributed by atoms with Crippen LogP contribution in [0.4, 0.5) is 0 Å². The summed E-state index contributed by atoms with van der Waals surface area (Å²) in [5.41, 5.74) is 1.16. The van der Waals surface area contributed by atoms with Crippen molar-refractivity contribution in [2.24, 2.45) is 0 Å². The van der Waals surface area contributed by atoms with Crippen LogP contribution in [0.1, 0.15) is 5.56 Å². The molecule has 1 N–H and O–H groups in total. The standard InChI is InChI=1S/C9H12NO2/c11-6-8-12-7-3-9-1-4-10-5-2-9/h1-2,4,11H,3,6-8H2. The zero-order chi connectivity index (χ0) is 8.65. The molecule has 1 aromatic rings. The zero-order valence-electron chi connectivity index (χ0n) is 6.86. The summed E-state index contributed by atoms with van der Waals surface area (Å²) in [4.78, 5) is 3.78. The third-order valence-electron chi connectivity index (χ3n) is 1.46. The van der Waals surface area contributed by atoms with Gasteiger partial charge in [0.1, 0.15) is 0 Å². The van der Waals surface area contributed by atoms with E-state index in [2.05, 4.69) is 11.2 Å². The Kier molecular flexibility index (Phi) is 4.34. The topological polar surface area (TPSA) is 42.4 Å². The van der Waals surface area contributed by atoms with Crippen molar-refractivity contribution in [1.82, 2.24) is 4.98 Å². The summed E-state index contributed by atoms with van der Waals surface area (Å²) < 4.78 is 5.10. The normalized spacial score (nSPS) is 10.1. The van der Waals surface area contributed by atoms with E-state index < -0.39 is 0 Å². The first-order valence-corrected chi connectivity index (χ1v) is 3.93. The van der Waals surface area contributed by atoms with E-state index in [4.69, 9.17) is 9.84 Å². The van der Waals surface area contributed by atoms with E-state index in [0.29, 0.717) is 13.2 Å². The van der Waals surface area contributed by atoms with Crippen LogP contribution in [0.2, 0.25) is 0 Å². The van der Waals surface area contributed by atoms with Crippen molar-refractivity contribution in [3.05, 3.63) is 30.1 Å². The monoisotopic (exact) mass is 166 g/mol. The molecule has 0 unspecified atom stereocenters. The summed E-state index contributed by atoms with van der Waals surface area (Å²) in [6.45, 7) is 1.13. The van der Waals surface area contributed by atoms with E-state index in [9.17, 15) is 0 Å². The molecule has 1 aromatic heterocycles. The van der Waals surface area contributed by atoms with Crippen molar-refractivity contribution in [2.45, 2.75) is 6.42 Å². The molecule has 0 aliphatic rings. The molecule has 65 valence electrons. The van der Waals surface area contributed by atoms with Gasteiger partial charge < -0.3 is 9.84 Å². The number of ether oxygens (including phenoxy) is 1. The van der Waals surface area contributed by atoms with Crippen LogP contribution in [0.15, 0.2) is 18.3 Å². The quantitative estimate of drug-likeness (QED) is 0.645. The van der Waals surface area contributed by atoms with Crippen LogP contribution in [0.25, 0.3) is 0 Å². The third kappa shape index (κ3) is 3.46. The summed E-state index contributed by atoms with van der Waals surface area (Å²) in [5, 5.41) is 8.42. The molecule has 0 saturated carbocycles. The largest absolute Gasteiger partial charge is 0.394 e. The number of aliphatic hydroxyl groups is 1. The highest BCUT2D eigenvalue weighted by Gasteiger charge is 1.91. The van der Waals surface area contributed by atoms with Crippen molar-refractivity contribution in [3.63, 3.8) is 0 Å². The van der Waals surface area contributed by atoms with Gasteiger partial charge in [-0.05, 0) is 24.1 Å². The first-order valence-electron chi connectivity index (χ1n) is 3.93. The Morgan fingerprint density at radius 1 is 1.50 bits per heavy atom. The summed E-state index contributed by atoms with van der Waals surface area (Å²) in [7, 11) is 0. The molecule has 0 atom stereocenters. The molecular formula is C9H12NO2. The van der Waals surface area contributed by atoms with Crippen LogP contribution >= 0.6 is 0 Å². The van der Waals surface area contributed by atoms with Crippen LogP contribution < -0.4 is 0 Å². The zero-order valence-corrected chi connectivity index (χ0v) is 6.86. The molecule has 0 spiro atoms. The van der Waals surface area contributed by atoms with E-state index in [1.54, 1.807) is 6.20 Å². The molecule has 3 nitrogen and oxygen atoms in total. The maximum absolute atomic E-state index is 8.42. The molecular weight excluding hydrogens is 154 g/mol. The number of aromatic nitrogens is 1. The fourth-order valence-corrected chi connectivity index (χ4v) is 0.856. The van der Waals surface area contributed by atoms with Gasteiger partial charge in [-0.3, -0.25) is 4.98 Å². The first-order chi connectivity index (χ1) is 5.93. The van der Waals surface area contributed by atoms with Crippen LogP contribution in [-0.4, -0.2) is 29.9 Å². The molecule has 0 bridgehead atoms. The molecule has 3 heteroatoms. The summed E-state index contributed by atoms with van der Waals surface area (Å²) in [6.07, 6.45) is 5.30. The molecule has 0 aliphatic carbocycles. The lowest BCUT2D eigenvalue weighted by Crippen LogP contribution is -2.03. The van der Waals surface area contributed by atoms with Gasteiger partial charge in [0.2, 0.25) is 0 Å². The van der Waals surface area contributed by atoms with Crippen molar-refractivity contribution in [1.29, 1.82) is 0 Å². The molecule has 0 fully saturated rings. The van der Waals surface area contributed by atoms with Gasteiger partial charge in [0.05, 0.1) is 26.0 Å². The van der Waals surface area contributed by atoms with Gasteiger partial charge in [-0.15, -0.1) is 0 Å². The molecule has 0 aromatic carbocycles. The maximum Gasteiger partial charge on any atom is 0.0888 e. The van der Waals surface area contributed by atoms with Crippen molar-refractivity contribution in [2.75, 3.05) is 19.8 Å². The number of hydrogen-bond donors (Lipinski definition) is 1. The molecule has 1 heterocycles. The molecule has 1 radical (unpaired) electrons. The Hall–Kier alpha value is -0.930. The van der Waals surface area contributed by atoms with Gasteiger partial charge in [-0.25, -0.2) is 0 Å². The van der Waals surface area contributed by atoms with Gasteiger partial charge in [0.25, 0.3) is 0 Å². The minimum atomic E-state index is 0.0858. The van der Waals surface area contributed by atoms with Crippen LogP contribution in [-0.2, 0) is 11.2 Å². The Morgan fingerprint density at radius 3 is 3.08 bits per heavy atom. The van der Waals surface area contributed by atoms with Gasteiger partial charge in [-0.1, -0.05) is 0 Å². The fraction of sp³-hybridized carbons (Fsp3) is 0.444. The highest BCUT2D eigenvalue weighted by molar-refractivity contribution is 5.08. The number of nitrogens with zero attached hydrogens (tertiary/aromatic N) is 1. The second-order valence-corrected chi connectivity index (χ2v) is 2.38. The summed E-state index contributed by atoms with van der Waals surface area (Å²) >= 11 is 0. The van der Waals surface area contributed by atoms with E-state index in [0.717, 1.165) is 12.0 Å². The van der Waals surface area contributed by atoms with E-state index in [1.165, 1.54) is 0 Å². The molecule has 12 heavy (non-hydrogen) atoms. The first kappa shape index (κ1) is 9.16. The van der Waals surface area contributed by atoms with E-state index in [-0.39, 0.29) is 6.61 Å². The Morgan fingerprint density at radius 2 is 2.42 bits per heavy atom. The summed E-state index contributed by atoms with van der Waals surface area (Å²) in [5.74, 6) is 0. The van der Waals surface area contributed by atoms with Crippen molar-refractivity contribution < 1.29 is 9.84 Å². The van der Waals surface area contributed by atoms with E-state index in [1.807, 2.05) is 12.1 Å². The predicted molar refractivity (Wildman–Crippen MR) is 44.7 cm³/mol. The summed E-state index contributed by atoms with van der Waals surface area (Å²) in [6, 6.07) is 3.76. The lowest BCUT2D eigenvalue weighted by atomic mass is 10.2. The average Bonchev–Trinajstić information content (AvgIpc) is 2.14. The van der Waals surface area contributed by atoms with Crippen LogP contribution in [0.3, 0.4) is 0 Å². The minimum absolute atomic E-state index is 0.0858. The average molecular weight is 166 g/mol. The smallest absolute Gasteiger partial charge is 0.0888 e. The minimum Gasteiger partial charge on any atom is -0.394 e. The number of hydrogen-bond acceptors (Lipinski definition) is 3. The number of aliphatic hydroxyl groups excluding tert-OH is 1. The Bertz CT molecular complexity index is 201. The highest BCUT2D eigenvalue weighted by Crippen LogP contribution is 1.96. The Labute approximate surface area is 72.0 Å². The van der Waals surface area contributed by atoms with Gasteiger partial charge in [0.15, 0.2) is 0 Å². The molecule has 0 saturated heterocycles. The lowest BCUT2D eigenvalue weighted by molar-refractivity contribution is 0.0944. The predicted octanol–water partition coefficient (Wildman–Crippen LogP) is 0.433. The molecule has 0 amide bonds. The van der Waals surface area contributed by atoms with E-state index >= 15 is 0 Å². The van der Waals surface area contributed by atoms with Gasteiger partial charge in [0, 0.05) is 6.20 Å². The van der Waals surface area contributed by atoms with Crippen LogP contribution in [0, 0.1) is 6.20 Å². The number of rotatable bonds is 5. The number of pyridine rings is 1. The second-order valence-electron chi connectivity index (χ2n) is 2.38. The second kappa shape index (κ2) is 5.69. The Balaban J connectivity index is 2.16. The highest BCUT2D eigenvalue weighted by atomic mass is 16.5.